The van der Waals surface area contributed by atoms with Gasteiger partial charge in [0, 0.05) is 0 Å². The summed E-state index contributed by atoms with van der Waals surface area (Å²) in [5, 5.41) is 10.7. The van der Waals surface area contributed by atoms with Gasteiger partial charge in [-0.25, -0.2) is 19.8 Å². The van der Waals surface area contributed by atoms with Crippen LogP contribution in [0.3, 0.4) is 0 Å². The zero-order chi connectivity index (χ0) is 20.3. The maximum absolute atomic E-state index is 11.2. The van der Waals surface area contributed by atoms with Crippen LogP contribution in [-0.4, -0.2) is 65.1 Å². The second kappa shape index (κ2) is 6.76. The van der Waals surface area contributed by atoms with Gasteiger partial charge in [0.25, 0.3) is 0 Å². The molecule has 0 bridgehead atoms. The highest BCUT2D eigenvalue weighted by Crippen LogP contribution is 2.44. The molecule has 2 aliphatic rings. The number of thioether (sulfide) groups is 1. The fourth-order valence-corrected chi connectivity index (χ4v) is 4.33. The van der Waals surface area contributed by atoms with E-state index in [-0.39, 0.29) is 6.61 Å². The van der Waals surface area contributed by atoms with Crippen LogP contribution in [0.2, 0.25) is 0 Å². The van der Waals surface area contributed by atoms with Crippen molar-refractivity contribution in [2.24, 2.45) is 5.14 Å². The predicted molar refractivity (Wildman–Crippen MR) is 98.3 cm³/mol. The Morgan fingerprint density at radius 1 is 1.32 bits per heavy atom. The van der Waals surface area contributed by atoms with E-state index >= 15 is 0 Å². The van der Waals surface area contributed by atoms with Crippen LogP contribution in [0.1, 0.15) is 20.1 Å². The van der Waals surface area contributed by atoms with Crippen LogP contribution in [-0.2, 0) is 28.7 Å². The van der Waals surface area contributed by atoms with E-state index < -0.39 is 40.6 Å². The number of hydrogen-bond acceptors (Lipinski definition) is 11. The van der Waals surface area contributed by atoms with Crippen LogP contribution < -0.4 is 10.9 Å². The molecule has 0 aromatic carbocycles. The molecule has 0 aliphatic carbocycles. The van der Waals surface area contributed by atoms with E-state index in [9.17, 15) is 8.42 Å². The molecule has 2 fully saturated rings. The van der Waals surface area contributed by atoms with Gasteiger partial charge < -0.3 is 19.9 Å². The van der Waals surface area contributed by atoms with Gasteiger partial charge in [0.15, 0.2) is 17.7 Å². The number of rotatable bonds is 5. The van der Waals surface area contributed by atoms with Crippen molar-refractivity contribution in [3.05, 3.63) is 6.33 Å². The van der Waals surface area contributed by atoms with Gasteiger partial charge >= 0.3 is 10.3 Å². The minimum atomic E-state index is -4.13. The van der Waals surface area contributed by atoms with Crippen molar-refractivity contribution in [3.63, 3.8) is 0 Å². The smallest absolute Gasteiger partial charge is 0.333 e. The third kappa shape index (κ3) is 3.45. The van der Waals surface area contributed by atoms with Crippen LogP contribution in [0, 0.1) is 0 Å². The molecule has 0 spiro atoms. The number of ether oxygens (including phenoxy) is 3. The highest BCUT2D eigenvalue weighted by molar-refractivity contribution is 7.98. The first-order valence-corrected chi connectivity index (χ1v) is 11.0. The number of nitrogens with zero attached hydrogens (tertiary/aromatic N) is 4. The van der Waals surface area contributed by atoms with Crippen LogP contribution in [0.5, 0.6) is 0 Å². The molecule has 28 heavy (non-hydrogen) atoms. The van der Waals surface area contributed by atoms with E-state index in [2.05, 4.69) is 15.1 Å². The Morgan fingerprint density at radius 3 is 2.71 bits per heavy atom. The lowest BCUT2D eigenvalue weighted by Gasteiger charge is -2.24. The fraction of sp³-hybridized carbons (Fsp3) is 0.643. The summed E-state index contributed by atoms with van der Waals surface area (Å²) in [6, 6.07) is 0. The molecule has 2 aromatic rings. The fourth-order valence-electron chi connectivity index (χ4n) is 3.44. The lowest BCUT2D eigenvalue weighted by atomic mass is 10.1. The number of anilines is 1. The Kier molecular flexibility index (Phi) is 4.77. The van der Waals surface area contributed by atoms with Gasteiger partial charge in [-0.3, -0.25) is 4.18 Å². The number of aromatic nitrogens is 4. The van der Waals surface area contributed by atoms with Crippen molar-refractivity contribution < 1.29 is 26.8 Å². The molecule has 2 aromatic heterocycles. The zero-order valence-electron chi connectivity index (χ0n) is 15.3. The van der Waals surface area contributed by atoms with E-state index in [0.29, 0.717) is 21.9 Å². The van der Waals surface area contributed by atoms with E-state index in [1.807, 2.05) is 6.26 Å². The van der Waals surface area contributed by atoms with Crippen LogP contribution in [0.15, 0.2) is 11.4 Å². The minimum Gasteiger partial charge on any atom is -0.383 e. The van der Waals surface area contributed by atoms with Gasteiger partial charge in [-0.05, 0) is 20.1 Å². The monoisotopic (exact) mass is 432 g/mol. The van der Waals surface area contributed by atoms with Crippen LogP contribution in [0.25, 0.3) is 11.0 Å². The molecule has 2 saturated heterocycles. The molecule has 0 unspecified atom stereocenters. The highest BCUT2D eigenvalue weighted by Gasteiger charge is 2.56. The first-order valence-electron chi connectivity index (χ1n) is 8.30. The topological polar surface area (TPSA) is 167 Å². The minimum absolute atomic E-state index is 0.299. The van der Waals surface area contributed by atoms with Crippen molar-refractivity contribution in [1.82, 2.24) is 19.7 Å². The Morgan fingerprint density at radius 2 is 2.04 bits per heavy atom. The first-order chi connectivity index (χ1) is 13.1. The molecular weight excluding hydrogens is 412 g/mol. The summed E-state index contributed by atoms with van der Waals surface area (Å²) in [7, 11) is -4.13. The Hall–Kier alpha value is -1.55. The Bertz CT molecular complexity index is 1010. The van der Waals surface area contributed by atoms with E-state index in [4.69, 9.17) is 29.3 Å². The second-order valence-electron chi connectivity index (χ2n) is 6.82. The van der Waals surface area contributed by atoms with Gasteiger partial charge in [-0.15, -0.1) is 11.8 Å². The summed E-state index contributed by atoms with van der Waals surface area (Å²) in [6.07, 6.45) is 0.558. The van der Waals surface area contributed by atoms with Crippen LogP contribution >= 0.6 is 11.8 Å². The average molecular weight is 432 g/mol. The largest absolute Gasteiger partial charge is 0.383 e. The SMILES string of the molecule is CSc1nn([C@@H]2O[C@H](COS(N)(=O)=O)[C@H]3OC(C)(C)O[C@H]32)c2ncnc(N)c12. The second-order valence-corrected chi connectivity index (χ2v) is 8.83. The quantitative estimate of drug-likeness (QED) is 0.599. The Balaban J connectivity index is 1.73. The third-order valence-electron chi connectivity index (χ3n) is 4.44. The molecule has 4 rings (SSSR count). The maximum atomic E-state index is 11.2. The molecule has 2 aliphatic heterocycles. The summed E-state index contributed by atoms with van der Waals surface area (Å²) in [6.45, 7) is 3.20. The number of nitrogens with two attached hydrogens (primary N) is 2. The molecular formula is C14H20N6O6S2. The molecule has 14 heteroatoms. The van der Waals surface area contributed by atoms with Gasteiger partial charge in [0.1, 0.15) is 35.5 Å². The maximum Gasteiger partial charge on any atom is 0.333 e. The molecule has 154 valence electrons. The standard InChI is InChI=1S/C14H20N6O6S2/c1-14(2)25-8-6(4-23-28(16,21)22)24-13(9(8)26-14)20-11-7(12(19-20)27-3)10(15)17-5-18-11/h5-6,8-9,13H,4H2,1-3H3,(H2,15,17,18)(H2,16,21,22)/t6-,8-,9-,13-/m1/s1. The number of hydrogen-bond donors (Lipinski definition) is 2. The first kappa shape index (κ1) is 19.8. The molecule has 0 saturated carbocycles. The van der Waals surface area contributed by atoms with Gasteiger partial charge in [-0.2, -0.15) is 13.5 Å². The average Bonchev–Trinajstić information content (AvgIpc) is 3.21. The molecule has 4 N–H and O–H groups in total. The van der Waals surface area contributed by atoms with Crippen molar-refractivity contribution >= 4 is 38.9 Å². The van der Waals surface area contributed by atoms with Crippen LogP contribution in [0.4, 0.5) is 5.82 Å². The summed E-state index contributed by atoms with van der Waals surface area (Å²) < 4.78 is 46.6. The Labute approximate surface area is 165 Å². The molecule has 0 amide bonds. The lowest BCUT2D eigenvalue weighted by molar-refractivity contribution is -0.200. The molecule has 0 radical (unpaired) electrons. The lowest BCUT2D eigenvalue weighted by Crippen LogP contribution is -2.34. The summed E-state index contributed by atoms with van der Waals surface area (Å²) >= 11 is 1.39. The number of nitrogen functional groups attached to an aromatic ring is 1. The molecule has 12 nitrogen and oxygen atoms in total. The van der Waals surface area contributed by atoms with Crippen molar-refractivity contribution in [3.8, 4) is 0 Å². The van der Waals surface area contributed by atoms with Crippen molar-refractivity contribution in [2.45, 2.75) is 49.2 Å². The zero-order valence-corrected chi connectivity index (χ0v) is 16.9. The highest BCUT2D eigenvalue weighted by atomic mass is 32.2. The predicted octanol–water partition coefficient (Wildman–Crippen LogP) is -0.232. The molecule has 4 atom stereocenters. The van der Waals surface area contributed by atoms with E-state index in [1.165, 1.54) is 18.1 Å². The van der Waals surface area contributed by atoms with Crippen molar-refractivity contribution in [2.75, 3.05) is 18.6 Å². The third-order valence-corrected chi connectivity index (χ3v) is 5.58. The number of fused-ring (bicyclic) bond motifs is 2. The summed E-state index contributed by atoms with van der Waals surface area (Å²) in [5.41, 5.74) is 6.48. The van der Waals surface area contributed by atoms with E-state index in [0.717, 1.165) is 0 Å². The summed E-state index contributed by atoms with van der Waals surface area (Å²) in [4.78, 5) is 8.31. The normalized spacial score (nSPS) is 29.4. The van der Waals surface area contributed by atoms with Gasteiger partial charge in [0.2, 0.25) is 0 Å². The van der Waals surface area contributed by atoms with Gasteiger partial charge in [0.05, 0.1) is 12.0 Å². The van der Waals surface area contributed by atoms with Crippen molar-refractivity contribution in [1.29, 1.82) is 0 Å². The summed E-state index contributed by atoms with van der Waals surface area (Å²) in [5.74, 6) is -0.593. The van der Waals surface area contributed by atoms with E-state index in [1.54, 1.807) is 18.5 Å². The molecule has 4 heterocycles. The van der Waals surface area contributed by atoms with Gasteiger partial charge in [-0.1, -0.05) is 0 Å².